The summed E-state index contributed by atoms with van der Waals surface area (Å²) >= 11 is 1.62. The highest BCUT2D eigenvalue weighted by atomic mass is 127. The minimum atomic E-state index is -3.84. The van der Waals surface area contributed by atoms with Gasteiger partial charge in [-0.25, -0.2) is 18.1 Å². The molecule has 160 valence electrons. The van der Waals surface area contributed by atoms with E-state index in [4.69, 9.17) is 0 Å². The second-order valence-electron chi connectivity index (χ2n) is 5.58. The number of guanidine groups is 1. The van der Waals surface area contributed by atoms with Crippen molar-refractivity contribution in [1.29, 1.82) is 0 Å². The second kappa shape index (κ2) is 12.0. The Hall–Kier alpha value is -1.84. The third-order valence-corrected chi connectivity index (χ3v) is 6.23. The number of nitrogens with zero attached hydrogens (tertiary/aromatic N) is 3. The van der Waals surface area contributed by atoms with Gasteiger partial charge in [0, 0.05) is 43.3 Å². The lowest BCUT2D eigenvalue weighted by Gasteiger charge is -2.11. The van der Waals surface area contributed by atoms with E-state index in [2.05, 4.69) is 32.3 Å². The molecule has 0 aliphatic carbocycles. The molecule has 0 saturated carbocycles. The Kier molecular flexibility index (Phi) is 10.4. The van der Waals surface area contributed by atoms with Crippen molar-refractivity contribution in [2.45, 2.75) is 24.8 Å². The van der Waals surface area contributed by atoms with Crippen LogP contribution in [0.5, 0.6) is 0 Å². The molecule has 1 aromatic heterocycles. The number of sulfonamides is 1. The predicted octanol–water partition coefficient (Wildman–Crippen LogP) is 1.88. The van der Waals surface area contributed by atoms with Gasteiger partial charge in [-0.3, -0.25) is 15.1 Å². The highest BCUT2D eigenvalue weighted by Gasteiger charge is 2.17. The monoisotopic (exact) mass is 554 g/mol. The number of aromatic nitrogens is 1. The summed E-state index contributed by atoms with van der Waals surface area (Å²) in [5.41, 5.74) is -0.279. The quantitative estimate of drug-likeness (QED) is 0.107. The van der Waals surface area contributed by atoms with Gasteiger partial charge in [0.05, 0.1) is 16.4 Å². The van der Waals surface area contributed by atoms with Crippen LogP contribution in [-0.2, 0) is 23.0 Å². The fourth-order valence-corrected chi connectivity index (χ4v) is 4.06. The molecule has 0 bridgehead atoms. The summed E-state index contributed by atoms with van der Waals surface area (Å²) < 4.78 is 26.9. The number of aliphatic imine (C=N–C) groups is 1. The lowest BCUT2D eigenvalue weighted by molar-refractivity contribution is -0.385. The lowest BCUT2D eigenvalue weighted by atomic mass is 10.3. The molecule has 1 heterocycles. The number of benzene rings is 1. The van der Waals surface area contributed by atoms with Gasteiger partial charge in [0.15, 0.2) is 5.96 Å². The molecule has 0 aliphatic rings. The number of halogens is 1. The predicted molar refractivity (Wildman–Crippen MR) is 123 cm³/mol. The molecule has 0 unspecified atom stereocenters. The summed E-state index contributed by atoms with van der Waals surface area (Å²) in [6.45, 7) is 2.96. The van der Waals surface area contributed by atoms with E-state index in [1.165, 1.54) is 23.1 Å². The van der Waals surface area contributed by atoms with Crippen molar-refractivity contribution in [1.82, 2.24) is 20.3 Å². The van der Waals surface area contributed by atoms with E-state index >= 15 is 0 Å². The summed E-state index contributed by atoms with van der Waals surface area (Å²) in [7, 11) is -2.23. The number of nitro benzene ring substituents is 1. The van der Waals surface area contributed by atoms with Crippen LogP contribution in [0, 0.1) is 10.1 Å². The molecular formula is C16H23IN6O4S2. The molecule has 13 heteroatoms. The number of thiazole rings is 1. The molecule has 29 heavy (non-hydrogen) atoms. The minimum absolute atomic E-state index is 0. The molecule has 0 saturated heterocycles. The molecule has 2 aromatic rings. The summed E-state index contributed by atoms with van der Waals surface area (Å²) in [6, 6.07) is 4.90. The Morgan fingerprint density at radius 1 is 1.31 bits per heavy atom. The van der Waals surface area contributed by atoms with Crippen LogP contribution in [0.2, 0.25) is 0 Å². The number of rotatable bonds is 9. The van der Waals surface area contributed by atoms with Crippen LogP contribution in [0.3, 0.4) is 0 Å². The first-order chi connectivity index (χ1) is 13.4. The van der Waals surface area contributed by atoms with Crippen molar-refractivity contribution in [3.8, 4) is 0 Å². The minimum Gasteiger partial charge on any atom is -0.355 e. The highest BCUT2D eigenvalue weighted by molar-refractivity contribution is 14.0. The van der Waals surface area contributed by atoms with E-state index in [0.29, 0.717) is 12.5 Å². The van der Waals surface area contributed by atoms with Crippen molar-refractivity contribution >= 4 is 57.0 Å². The summed E-state index contributed by atoms with van der Waals surface area (Å²) in [4.78, 5) is 19.6. The van der Waals surface area contributed by atoms with Gasteiger partial charge in [0.2, 0.25) is 10.0 Å². The first-order valence-corrected chi connectivity index (χ1v) is 10.8. The third-order valence-electron chi connectivity index (χ3n) is 3.63. The zero-order valence-electron chi connectivity index (χ0n) is 15.9. The van der Waals surface area contributed by atoms with Crippen molar-refractivity contribution < 1.29 is 13.3 Å². The maximum atomic E-state index is 12.2. The van der Waals surface area contributed by atoms with Gasteiger partial charge in [-0.05, 0) is 12.5 Å². The summed E-state index contributed by atoms with van der Waals surface area (Å²) in [5, 5.41) is 17.8. The molecular weight excluding hydrogens is 531 g/mol. The van der Waals surface area contributed by atoms with Crippen molar-refractivity contribution in [2.75, 3.05) is 20.1 Å². The normalized spacial score (nSPS) is 11.6. The van der Waals surface area contributed by atoms with Gasteiger partial charge in [-0.1, -0.05) is 13.0 Å². The van der Waals surface area contributed by atoms with Gasteiger partial charge in [-0.2, -0.15) is 0 Å². The molecule has 3 N–H and O–H groups in total. The molecule has 0 fully saturated rings. The number of nitrogens with one attached hydrogen (secondary N) is 3. The highest BCUT2D eigenvalue weighted by Crippen LogP contribution is 2.17. The summed E-state index contributed by atoms with van der Waals surface area (Å²) in [6.07, 6.45) is 2.79. The van der Waals surface area contributed by atoms with Crippen LogP contribution in [0.4, 0.5) is 5.69 Å². The number of non-ortho nitro benzene ring substituents is 1. The lowest BCUT2D eigenvalue weighted by Crippen LogP contribution is -2.41. The van der Waals surface area contributed by atoms with Gasteiger partial charge in [-0.15, -0.1) is 35.3 Å². The van der Waals surface area contributed by atoms with E-state index in [1.54, 1.807) is 18.4 Å². The van der Waals surface area contributed by atoms with Gasteiger partial charge in [0.25, 0.3) is 5.69 Å². The molecule has 10 nitrogen and oxygen atoms in total. The number of aryl methyl sites for hydroxylation is 1. The number of hydrogen-bond acceptors (Lipinski definition) is 7. The Morgan fingerprint density at radius 3 is 2.69 bits per heavy atom. The van der Waals surface area contributed by atoms with Crippen LogP contribution in [0.25, 0.3) is 0 Å². The van der Waals surface area contributed by atoms with E-state index in [-0.39, 0.29) is 47.6 Å². The summed E-state index contributed by atoms with van der Waals surface area (Å²) in [5.74, 6) is 0.516. The first-order valence-electron chi connectivity index (χ1n) is 8.48. The maximum absolute atomic E-state index is 12.2. The van der Waals surface area contributed by atoms with E-state index in [0.717, 1.165) is 17.5 Å². The van der Waals surface area contributed by atoms with Gasteiger partial charge < -0.3 is 10.6 Å². The second-order valence-corrected chi connectivity index (χ2v) is 8.55. The van der Waals surface area contributed by atoms with Crippen LogP contribution in [0.15, 0.2) is 40.4 Å². The SMILES string of the molecule is CCc1cnc(CNC(=NC)NCCNS(=O)(=O)c2cccc([N+](=O)[O-])c2)s1.I. The number of nitro groups is 1. The largest absolute Gasteiger partial charge is 0.355 e. The van der Waals surface area contributed by atoms with Crippen LogP contribution < -0.4 is 15.4 Å². The van der Waals surface area contributed by atoms with Crippen molar-refractivity contribution in [2.24, 2.45) is 4.99 Å². The van der Waals surface area contributed by atoms with Gasteiger partial charge >= 0.3 is 0 Å². The van der Waals surface area contributed by atoms with Crippen LogP contribution >= 0.6 is 35.3 Å². The maximum Gasteiger partial charge on any atom is 0.270 e. The average molecular weight is 554 g/mol. The fraction of sp³-hybridized carbons (Fsp3) is 0.375. The molecule has 0 radical (unpaired) electrons. The molecule has 2 rings (SSSR count). The zero-order chi connectivity index (χ0) is 20.6. The Balaban J connectivity index is 0.00000420. The molecule has 1 aromatic carbocycles. The first kappa shape index (κ1) is 25.2. The zero-order valence-corrected chi connectivity index (χ0v) is 19.9. The van der Waals surface area contributed by atoms with Crippen LogP contribution in [0.1, 0.15) is 16.8 Å². The average Bonchev–Trinajstić information content (AvgIpc) is 3.15. The van der Waals surface area contributed by atoms with Crippen LogP contribution in [-0.4, -0.2) is 44.4 Å². The Bertz CT molecular complexity index is 948. The third kappa shape index (κ3) is 7.83. The van der Waals surface area contributed by atoms with Crippen molar-refractivity contribution in [3.63, 3.8) is 0 Å². The molecule has 0 spiro atoms. The molecule has 0 atom stereocenters. The molecule has 0 aliphatic heterocycles. The van der Waals surface area contributed by atoms with E-state index in [1.807, 2.05) is 6.20 Å². The van der Waals surface area contributed by atoms with E-state index in [9.17, 15) is 18.5 Å². The standard InChI is InChI=1S/C16H22N6O4S2.HI/c1-3-13-10-19-15(27-13)11-20-16(17-2)18-7-8-21-28(25,26)14-6-4-5-12(9-14)22(23)24;/h4-6,9-10,21H,3,7-8,11H2,1-2H3,(H2,17,18,20);1H. The molecule has 0 amide bonds. The Labute approximate surface area is 190 Å². The topological polar surface area (TPSA) is 139 Å². The van der Waals surface area contributed by atoms with Crippen molar-refractivity contribution in [3.05, 3.63) is 50.5 Å². The number of hydrogen-bond donors (Lipinski definition) is 3. The Morgan fingerprint density at radius 2 is 2.07 bits per heavy atom. The van der Waals surface area contributed by atoms with E-state index < -0.39 is 14.9 Å². The fourth-order valence-electron chi connectivity index (χ4n) is 2.19. The smallest absolute Gasteiger partial charge is 0.270 e. The van der Waals surface area contributed by atoms with Gasteiger partial charge in [0.1, 0.15) is 5.01 Å².